The smallest absolute Gasteiger partial charge is 0.226 e. The minimum absolute atomic E-state index is 0.0729. The lowest BCUT2D eigenvalue weighted by Crippen LogP contribution is -2.48. The number of nitrogens with zero attached hydrogens (tertiary/aromatic N) is 4. The molecule has 0 N–H and O–H groups in total. The van der Waals surface area contributed by atoms with E-state index in [4.69, 9.17) is 0 Å². The minimum Gasteiger partial charge on any atom is -0.342 e. The largest absolute Gasteiger partial charge is 0.342 e. The Morgan fingerprint density at radius 1 is 1.06 bits per heavy atom. The zero-order valence-corrected chi connectivity index (χ0v) is 20.5. The number of carbonyl (C=O) groups excluding carboxylic acids is 1. The predicted molar refractivity (Wildman–Crippen MR) is 130 cm³/mol. The van der Waals surface area contributed by atoms with Gasteiger partial charge in [-0.1, -0.05) is 81.2 Å². The number of amides is 1. The van der Waals surface area contributed by atoms with Gasteiger partial charge in [-0.2, -0.15) is 5.11 Å². The van der Waals surface area contributed by atoms with Crippen molar-refractivity contribution in [2.75, 3.05) is 13.1 Å². The Balaban J connectivity index is 1.30. The Kier molecular flexibility index (Phi) is 4.97. The fourth-order valence-electron chi connectivity index (χ4n) is 5.80. The maximum Gasteiger partial charge on any atom is 0.226 e. The average Bonchev–Trinajstić information content (AvgIpc) is 3.12. The van der Waals surface area contributed by atoms with Gasteiger partial charge in [0.2, 0.25) is 5.91 Å². The molecule has 4 unspecified atom stereocenters. The first-order valence-electron chi connectivity index (χ1n) is 11.7. The van der Waals surface area contributed by atoms with E-state index >= 15 is 0 Å². The SMILES string of the molecule is CC1(c2cccc(C3([Si](C)(C)C)C=NN=N3)c2)C2CN(CCCc3ccccc3)C(=O)C21. The summed E-state index contributed by atoms with van der Waals surface area (Å²) in [5.74, 6) is 0.845. The first-order chi connectivity index (χ1) is 15.3. The van der Waals surface area contributed by atoms with Crippen LogP contribution in [0.5, 0.6) is 0 Å². The number of piperidine rings is 1. The van der Waals surface area contributed by atoms with Gasteiger partial charge in [0.1, 0.15) is 5.16 Å². The first-order valence-corrected chi connectivity index (χ1v) is 15.2. The molecule has 2 fully saturated rings. The van der Waals surface area contributed by atoms with E-state index in [-0.39, 0.29) is 11.3 Å². The van der Waals surface area contributed by atoms with E-state index in [0.717, 1.165) is 31.5 Å². The molecular formula is C26H32N4OSi. The van der Waals surface area contributed by atoms with Gasteiger partial charge in [0.25, 0.3) is 0 Å². The highest BCUT2D eigenvalue weighted by Gasteiger charge is 2.70. The Hall–Kier alpha value is -2.60. The van der Waals surface area contributed by atoms with Gasteiger partial charge in [-0.3, -0.25) is 4.79 Å². The molecule has 1 saturated carbocycles. The second kappa shape index (κ2) is 7.48. The molecule has 2 heterocycles. The molecule has 32 heavy (non-hydrogen) atoms. The topological polar surface area (TPSA) is 57.4 Å². The van der Waals surface area contributed by atoms with Crippen molar-refractivity contribution in [2.45, 2.75) is 50.0 Å². The number of aryl methyl sites for hydroxylation is 1. The fourth-order valence-corrected chi connectivity index (χ4v) is 7.61. The summed E-state index contributed by atoms with van der Waals surface area (Å²) in [6, 6.07) is 19.3. The number of carbonyl (C=O) groups is 1. The van der Waals surface area contributed by atoms with Crippen molar-refractivity contribution in [1.82, 2.24) is 4.90 Å². The molecular weight excluding hydrogens is 412 g/mol. The molecule has 166 valence electrons. The highest BCUT2D eigenvalue weighted by atomic mass is 28.3. The predicted octanol–water partition coefficient (Wildman–Crippen LogP) is 5.19. The molecule has 2 aliphatic heterocycles. The van der Waals surface area contributed by atoms with Crippen LogP contribution in [0.25, 0.3) is 0 Å². The van der Waals surface area contributed by atoms with Crippen LogP contribution in [0.15, 0.2) is 70.0 Å². The maximum absolute atomic E-state index is 13.2. The van der Waals surface area contributed by atoms with Crippen LogP contribution in [-0.2, 0) is 21.8 Å². The van der Waals surface area contributed by atoms with E-state index < -0.39 is 13.2 Å². The quantitative estimate of drug-likeness (QED) is 0.542. The molecule has 5 rings (SSSR count). The van der Waals surface area contributed by atoms with E-state index in [1.165, 1.54) is 11.1 Å². The van der Waals surface area contributed by atoms with Crippen LogP contribution in [0.1, 0.15) is 30.0 Å². The summed E-state index contributed by atoms with van der Waals surface area (Å²) >= 11 is 0. The van der Waals surface area contributed by atoms with Gasteiger partial charge in [-0.05, 0) is 40.7 Å². The Morgan fingerprint density at radius 2 is 1.81 bits per heavy atom. The van der Waals surface area contributed by atoms with Crippen molar-refractivity contribution in [3.63, 3.8) is 0 Å². The van der Waals surface area contributed by atoms with Crippen LogP contribution in [0.2, 0.25) is 19.6 Å². The molecule has 1 amide bonds. The summed E-state index contributed by atoms with van der Waals surface area (Å²) in [5.41, 5.74) is 3.69. The lowest BCUT2D eigenvalue weighted by molar-refractivity contribution is -0.130. The second-order valence-corrected chi connectivity index (χ2v) is 16.0. The number of hydrogen-bond acceptors (Lipinski definition) is 4. The molecule has 3 aliphatic rings. The van der Waals surface area contributed by atoms with Gasteiger partial charge in [0.05, 0.1) is 20.2 Å². The van der Waals surface area contributed by atoms with Crippen molar-refractivity contribution in [3.05, 3.63) is 71.3 Å². The van der Waals surface area contributed by atoms with Crippen LogP contribution in [-0.4, -0.2) is 38.2 Å². The van der Waals surface area contributed by atoms with Crippen molar-refractivity contribution < 1.29 is 4.79 Å². The van der Waals surface area contributed by atoms with Crippen molar-refractivity contribution in [3.8, 4) is 0 Å². The Labute approximate surface area is 191 Å². The lowest BCUT2D eigenvalue weighted by atomic mass is 9.89. The summed E-state index contributed by atoms with van der Waals surface area (Å²) in [5, 5.41) is 12.3. The Bertz CT molecular complexity index is 1080. The highest BCUT2D eigenvalue weighted by molar-refractivity contribution is 6.81. The van der Waals surface area contributed by atoms with Crippen molar-refractivity contribution in [1.29, 1.82) is 0 Å². The van der Waals surface area contributed by atoms with Crippen LogP contribution < -0.4 is 0 Å². The molecule has 1 aliphatic carbocycles. The third-order valence-electron chi connectivity index (χ3n) is 8.01. The number of likely N-dealkylation sites (tertiary alicyclic amines) is 1. The molecule has 0 bridgehead atoms. The van der Waals surface area contributed by atoms with Crippen LogP contribution in [0.3, 0.4) is 0 Å². The summed E-state index contributed by atoms with van der Waals surface area (Å²) in [6.45, 7) is 10.9. The summed E-state index contributed by atoms with van der Waals surface area (Å²) in [6.07, 6.45) is 3.96. The summed E-state index contributed by atoms with van der Waals surface area (Å²) < 4.78 is 0. The van der Waals surface area contributed by atoms with Crippen LogP contribution >= 0.6 is 0 Å². The molecule has 2 aromatic rings. The molecule has 1 saturated heterocycles. The third-order valence-corrected chi connectivity index (χ3v) is 10.8. The standard InChI is InChI=1S/C26H32N4OSi/c1-25(20-13-8-14-21(16-20)26(32(2,3)4)18-27-29-28-26)22-17-30(24(31)23(22)25)15-9-12-19-10-6-5-7-11-19/h5-8,10-11,13-14,16,18,22-23H,9,12,15,17H2,1-4H3. The van der Waals surface area contributed by atoms with E-state index in [1.54, 1.807) is 0 Å². The summed E-state index contributed by atoms with van der Waals surface area (Å²) in [7, 11) is -1.76. The zero-order valence-electron chi connectivity index (χ0n) is 19.5. The van der Waals surface area contributed by atoms with Crippen LogP contribution in [0, 0.1) is 11.8 Å². The number of benzene rings is 2. The molecule has 5 nitrogen and oxygen atoms in total. The van der Waals surface area contributed by atoms with E-state index in [0.29, 0.717) is 11.8 Å². The molecule has 2 aromatic carbocycles. The first kappa shape index (κ1) is 21.3. The van der Waals surface area contributed by atoms with Gasteiger partial charge in [0.15, 0.2) is 0 Å². The number of rotatable bonds is 7. The molecule has 0 spiro atoms. The van der Waals surface area contributed by atoms with Crippen LogP contribution in [0.4, 0.5) is 0 Å². The van der Waals surface area contributed by atoms with E-state index in [9.17, 15) is 4.79 Å². The zero-order chi connectivity index (χ0) is 22.6. The molecule has 6 heteroatoms. The second-order valence-electron chi connectivity index (χ2n) is 10.8. The monoisotopic (exact) mass is 444 g/mol. The van der Waals surface area contributed by atoms with E-state index in [2.05, 4.69) is 95.4 Å². The van der Waals surface area contributed by atoms with Crippen molar-refractivity contribution in [2.24, 2.45) is 27.3 Å². The van der Waals surface area contributed by atoms with Crippen molar-refractivity contribution >= 4 is 20.2 Å². The molecule has 0 aromatic heterocycles. The van der Waals surface area contributed by atoms with Gasteiger partial charge >= 0.3 is 0 Å². The number of fused-ring (bicyclic) bond motifs is 1. The highest BCUT2D eigenvalue weighted by Crippen LogP contribution is 2.64. The number of hydrogen-bond donors (Lipinski definition) is 0. The van der Waals surface area contributed by atoms with Gasteiger partial charge in [-0.25, -0.2) is 0 Å². The maximum atomic E-state index is 13.2. The Morgan fingerprint density at radius 3 is 2.44 bits per heavy atom. The molecule has 0 radical (unpaired) electrons. The molecule has 4 atom stereocenters. The fraction of sp³-hybridized carbons (Fsp3) is 0.462. The average molecular weight is 445 g/mol. The minimum atomic E-state index is -1.76. The third kappa shape index (κ3) is 3.19. The van der Waals surface area contributed by atoms with Gasteiger partial charge < -0.3 is 4.90 Å². The lowest BCUT2D eigenvalue weighted by Gasteiger charge is -2.34. The van der Waals surface area contributed by atoms with Gasteiger partial charge in [0, 0.05) is 18.5 Å². The normalized spacial score (nSPS) is 30.8. The van der Waals surface area contributed by atoms with Gasteiger partial charge in [-0.15, -0.1) is 5.10 Å². The van der Waals surface area contributed by atoms with E-state index in [1.807, 2.05) is 12.3 Å². The summed E-state index contributed by atoms with van der Waals surface area (Å²) in [4.78, 5) is 15.3.